The van der Waals surface area contributed by atoms with Crippen molar-refractivity contribution in [1.29, 1.82) is 0 Å². The summed E-state index contributed by atoms with van der Waals surface area (Å²) >= 11 is 7.42. The van der Waals surface area contributed by atoms with E-state index >= 15 is 0 Å². The molecule has 1 amide bonds. The maximum absolute atomic E-state index is 11.7. The Balaban J connectivity index is 2.18. The average Bonchev–Trinajstić information content (AvgIpc) is 2.75. The second-order valence-corrected chi connectivity index (χ2v) is 6.14. The lowest BCUT2D eigenvalue weighted by Crippen LogP contribution is -2.34. The van der Waals surface area contributed by atoms with E-state index in [4.69, 9.17) is 17.3 Å². The van der Waals surface area contributed by atoms with Crippen molar-refractivity contribution >= 4 is 28.8 Å². The first-order valence-electron chi connectivity index (χ1n) is 5.86. The summed E-state index contributed by atoms with van der Waals surface area (Å²) in [7, 11) is 1.88. The highest BCUT2D eigenvalue weighted by atomic mass is 35.5. The molecule has 0 fully saturated rings. The standard InChI is InChI=1S/C14H15ClN2OS/c1-17(9-11-7-8-12(15)19-11)13(14(16)18)10-5-3-2-4-6-10/h2-8,13H,9H2,1H3,(H2,16,18)/t13-/m1/s1. The van der Waals surface area contributed by atoms with Gasteiger partial charge in [-0.3, -0.25) is 9.69 Å². The molecule has 0 radical (unpaired) electrons. The van der Waals surface area contributed by atoms with Crippen molar-refractivity contribution in [3.63, 3.8) is 0 Å². The Morgan fingerprint density at radius 3 is 2.53 bits per heavy atom. The van der Waals surface area contributed by atoms with Crippen molar-refractivity contribution in [2.75, 3.05) is 7.05 Å². The Kier molecular flexibility index (Phi) is 4.58. The molecule has 0 aliphatic heterocycles. The smallest absolute Gasteiger partial charge is 0.239 e. The van der Waals surface area contributed by atoms with Crippen LogP contribution in [0.4, 0.5) is 0 Å². The maximum Gasteiger partial charge on any atom is 0.239 e. The molecule has 0 saturated heterocycles. The van der Waals surface area contributed by atoms with Gasteiger partial charge in [-0.1, -0.05) is 41.9 Å². The number of halogens is 1. The van der Waals surface area contributed by atoms with Crippen molar-refractivity contribution in [3.05, 3.63) is 57.2 Å². The van der Waals surface area contributed by atoms with Crippen molar-refractivity contribution in [2.45, 2.75) is 12.6 Å². The van der Waals surface area contributed by atoms with E-state index in [0.29, 0.717) is 6.54 Å². The van der Waals surface area contributed by atoms with Crippen molar-refractivity contribution < 1.29 is 4.79 Å². The Morgan fingerprint density at radius 2 is 2.00 bits per heavy atom. The van der Waals surface area contributed by atoms with Gasteiger partial charge in [-0.15, -0.1) is 11.3 Å². The third-order valence-electron chi connectivity index (χ3n) is 2.86. The fraction of sp³-hybridized carbons (Fsp3) is 0.214. The first kappa shape index (κ1) is 14.1. The maximum atomic E-state index is 11.7. The van der Waals surface area contributed by atoms with E-state index in [1.807, 2.05) is 54.4 Å². The highest BCUT2D eigenvalue weighted by Crippen LogP contribution is 2.26. The third kappa shape index (κ3) is 3.56. The molecule has 0 saturated carbocycles. The van der Waals surface area contributed by atoms with Crippen molar-refractivity contribution in [2.24, 2.45) is 5.73 Å². The van der Waals surface area contributed by atoms with Crippen LogP contribution >= 0.6 is 22.9 Å². The van der Waals surface area contributed by atoms with Crippen LogP contribution in [0.25, 0.3) is 0 Å². The van der Waals surface area contributed by atoms with Crippen LogP contribution in [0.2, 0.25) is 4.34 Å². The molecule has 1 aromatic heterocycles. The van der Waals surface area contributed by atoms with Gasteiger partial charge in [-0.05, 0) is 24.7 Å². The largest absolute Gasteiger partial charge is 0.368 e. The molecule has 0 unspecified atom stereocenters. The molecule has 2 N–H and O–H groups in total. The molecule has 5 heteroatoms. The molecule has 1 heterocycles. The van der Waals surface area contributed by atoms with Gasteiger partial charge in [0.05, 0.1) is 4.34 Å². The molecule has 1 aromatic carbocycles. The second-order valence-electron chi connectivity index (χ2n) is 4.34. The van der Waals surface area contributed by atoms with E-state index in [1.54, 1.807) is 0 Å². The number of carbonyl (C=O) groups excluding carboxylic acids is 1. The van der Waals surface area contributed by atoms with Crippen LogP contribution in [0, 0.1) is 0 Å². The Labute approximate surface area is 121 Å². The van der Waals surface area contributed by atoms with Crippen LogP contribution in [0.5, 0.6) is 0 Å². The number of hydrogen-bond donors (Lipinski definition) is 1. The zero-order chi connectivity index (χ0) is 13.8. The summed E-state index contributed by atoms with van der Waals surface area (Å²) in [6, 6.07) is 12.9. The minimum absolute atomic E-state index is 0.351. The number of nitrogens with two attached hydrogens (primary N) is 1. The number of likely N-dealkylation sites (N-methyl/N-ethyl adjacent to an activating group) is 1. The Hall–Kier alpha value is -1.36. The predicted molar refractivity (Wildman–Crippen MR) is 79.2 cm³/mol. The fourth-order valence-electron chi connectivity index (χ4n) is 2.05. The average molecular weight is 295 g/mol. The van der Waals surface area contributed by atoms with Gasteiger partial charge < -0.3 is 5.73 Å². The molecule has 2 aromatic rings. The lowest BCUT2D eigenvalue weighted by Gasteiger charge is -2.25. The second kappa shape index (κ2) is 6.19. The summed E-state index contributed by atoms with van der Waals surface area (Å²) < 4.78 is 0.749. The number of rotatable bonds is 5. The van der Waals surface area contributed by atoms with Gasteiger partial charge in [-0.2, -0.15) is 0 Å². The quantitative estimate of drug-likeness (QED) is 0.921. The molecule has 2 rings (SSSR count). The summed E-state index contributed by atoms with van der Waals surface area (Å²) in [5.74, 6) is -0.351. The molecular formula is C14H15ClN2OS. The normalized spacial score (nSPS) is 12.6. The number of carbonyl (C=O) groups is 1. The van der Waals surface area contributed by atoms with Gasteiger partial charge in [0.2, 0.25) is 5.91 Å². The molecule has 0 spiro atoms. The molecule has 100 valence electrons. The molecule has 3 nitrogen and oxygen atoms in total. The summed E-state index contributed by atoms with van der Waals surface area (Å²) in [4.78, 5) is 14.7. The van der Waals surface area contributed by atoms with E-state index in [2.05, 4.69) is 0 Å². The summed E-state index contributed by atoms with van der Waals surface area (Å²) in [5.41, 5.74) is 6.43. The van der Waals surface area contributed by atoms with Crippen molar-refractivity contribution in [1.82, 2.24) is 4.90 Å². The van der Waals surface area contributed by atoms with Crippen LogP contribution in [0.3, 0.4) is 0 Å². The first-order valence-corrected chi connectivity index (χ1v) is 7.06. The highest BCUT2D eigenvalue weighted by Gasteiger charge is 2.22. The van der Waals surface area contributed by atoms with Gasteiger partial charge in [-0.25, -0.2) is 0 Å². The fourth-order valence-corrected chi connectivity index (χ4v) is 3.20. The summed E-state index contributed by atoms with van der Waals surface area (Å²) in [6.07, 6.45) is 0. The van der Waals surface area contributed by atoms with Gasteiger partial charge in [0.1, 0.15) is 6.04 Å². The molecule has 0 bridgehead atoms. The number of benzene rings is 1. The Morgan fingerprint density at radius 1 is 1.32 bits per heavy atom. The van der Waals surface area contributed by atoms with Crippen LogP contribution < -0.4 is 5.73 Å². The lowest BCUT2D eigenvalue weighted by molar-refractivity contribution is -0.123. The Bertz CT molecular complexity index is 556. The summed E-state index contributed by atoms with van der Waals surface area (Å²) in [5, 5.41) is 0. The topological polar surface area (TPSA) is 46.3 Å². The number of hydrogen-bond acceptors (Lipinski definition) is 3. The van der Waals surface area contributed by atoms with E-state index in [9.17, 15) is 4.79 Å². The van der Waals surface area contributed by atoms with E-state index in [1.165, 1.54) is 11.3 Å². The number of nitrogens with zero attached hydrogens (tertiary/aromatic N) is 1. The SMILES string of the molecule is CN(Cc1ccc(Cl)s1)[C@@H](C(N)=O)c1ccccc1. The van der Waals surface area contributed by atoms with Crippen molar-refractivity contribution in [3.8, 4) is 0 Å². The molecule has 19 heavy (non-hydrogen) atoms. The first-order chi connectivity index (χ1) is 9.08. The number of primary amides is 1. The van der Waals surface area contributed by atoms with Crippen LogP contribution in [-0.2, 0) is 11.3 Å². The van der Waals surface area contributed by atoms with Crippen LogP contribution in [0.1, 0.15) is 16.5 Å². The van der Waals surface area contributed by atoms with Gasteiger partial charge in [0.15, 0.2) is 0 Å². The molecular weight excluding hydrogens is 280 g/mol. The van der Waals surface area contributed by atoms with Gasteiger partial charge in [0.25, 0.3) is 0 Å². The summed E-state index contributed by atoms with van der Waals surface area (Å²) in [6.45, 7) is 0.639. The van der Waals surface area contributed by atoms with Gasteiger partial charge >= 0.3 is 0 Å². The molecule has 1 atom stereocenters. The minimum atomic E-state index is -0.429. The van der Waals surface area contributed by atoms with Gasteiger partial charge in [0, 0.05) is 11.4 Å². The number of thiophene rings is 1. The third-order valence-corrected chi connectivity index (χ3v) is 4.08. The van der Waals surface area contributed by atoms with Crippen LogP contribution in [-0.4, -0.2) is 17.9 Å². The predicted octanol–water partition coefficient (Wildman–Crippen LogP) is 3.06. The highest BCUT2D eigenvalue weighted by molar-refractivity contribution is 7.16. The number of amides is 1. The molecule has 0 aliphatic rings. The lowest BCUT2D eigenvalue weighted by atomic mass is 10.1. The zero-order valence-corrected chi connectivity index (χ0v) is 12.1. The monoisotopic (exact) mass is 294 g/mol. The van der Waals surface area contributed by atoms with Crippen LogP contribution in [0.15, 0.2) is 42.5 Å². The molecule has 0 aliphatic carbocycles. The van der Waals surface area contributed by atoms with E-state index < -0.39 is 6.04 Å². The zero-order valence-electron chi connectivity index (χ0n) is 10.5. The van der Waals surface area contributed by atoms with E-state index in [-0.39, 0.29) is 5.91 Å². The minimum Gasteiger partial charge on any atom is -0.368 e. The van der Waals surface area contributed by atoms with E-state index in [0.717, 1.165) is 14.8 Å².